The van der Waals surface area contributed by atoms with Gasteiger partial charge in [-0.1, -0.05) is 70.2 Å². The number of likely N-dealkylation sites (N-methyl/N-ethyl adjacent to an activating group) is 1. The van der Waals surface area contributed by atoms with Crippen LogP contribution in [-0.4, -0.2) is 52.4 Å². The van der Waals surface area contributed by atoms with E-state index in [0.717, 1.165) is 12.1 Å². The number of hydrogen-bond donors (Lipinski definition) is 0. The minimum atomic E-state index is -0.296. The molecule has 1 unspecified atom stereocenters. The summed E-state index contributed by atoms with van der Waals surface area (Å²) < 4.78 is 1.76. The lowest BCUT2D eigenvalue weighted by molar-refractivity contribution is -0.136. The predicted molar refractivity (Wildman–Crippen MR) is 139 cm³/mol. The summed E-state index contributed by atoms with van der Waals surface area (Å²) in [4.78, 5) is 36.2. The van der Waals surface area contributed by atoms with Crippen molar-refractivity contribution in [2.45, 2.75) is 53.1 Å². The van der Waals surface area contributed by atoms with E-state index in [9.17, 15) is 9.59 Å². The van der Waals surface area contributed by atoms with Crippen LogP contribution in [0.25, 0.3) is 10.9 Å². The summed E-state index contributed by atoms with van der Waals surface area (Å²) in [5.41, 5.74) is 1.49. The molecule has 1 heterocycles. The molecule has 0 saturated carbocycles. The van der Waals surface area contributed by atoms with Crippen molar-refractivity contribution in [3.05, 3.63) is 76.3 Å². The van der Waals surface area contributed by atoms with E-state index >= 15 is 0 Å². The van der Waals surface area contributed by atoms with Crippen LogP contribution in [0.2, 0.25) is 0 Å². The van der Waals surface area contributed by atoms with Crippen LogP contribution >= 0.6 is 0 Å². The van der Waals surface area contributed by atoms with E-state index in [-0.39, 0.29) is 22.9 Å². The van der Waals surface area contributed by atoms with Gasteiger partial charge < -0.3 is 9.80 Å². The highest BCUT2D eigenvalue weighted by Crippen LogP contribution is 2.28. The molecule has 0 N–H and O–H groups in total. The van der Waals surface area contributed by atoms with Crippen molar-refractivity contribution in [2.24, 2.45) is 5.41 Å². The Morgan fingerprint density at radius 1 is 1.00 bits per heavy atom. The molecular formula is C28H38N4O2. The van der Waals surface area contributed by atoms with Gasteiger partial charge in [-0.05, 0) is 43.6 Å². The lowest BCUT2D eigenvalue weighted by Crippen LogP contribution is -2.43. The molecule has 1 atom stereocenters. The highest BCUT2D eigenvalue weighted by Gasteiger charge is 2.30. The quantitative estimate of drug-likeness (QED) is 0.462. The Balaban J connectivity index is 2.16. The van der Waals surface area contributed by atoms with Crippen molar-refractivity contribution in [3.8, 4) is 0 Å². The maximum Gasteiger partial charge on any atom is 0.261 e. The minimum Gasteiger partial charge on any atom is -0.331 e. The zero-order valence-electron chi connectivity index (χ0n) is 21.4. The van der Waals surface area contributed by atoms with Crippen LogP contribution in [0.1, 0.15) is 58.0 Å². The van der Waals surface area contributed by atoms with Crippen molar-refractivity contribution >= 4 is 16.8 Å². The van der Waals surface area contributed by atoms with E-state index in [2.05, 4.69) is 32.6 Å². The number of aromatic nitrogens is 2. The van der Waals surface area contributed by atoms with Gasteiger partial charge in [-0.15, -0.1) is 0 Å². The molecule has 3 rings (SSSR count). The summed E-state index contributed by atoms with van der Waals surface area (Å²) in [5, 5.41) is 0.595. The number of rotatable bonds is 9. The topological polar surface area (TPSA) is 58.4 Å². The van der Waals surface area contributed by atoms with Gasteiger partial charge >= 0.3 is 0 Å². The number of amides is 1. The fourth-order valence-corrected chi connectivity index (χ4v) is 4.22. The monoisotopic (exact) mass is 462 g/mol. The number of carbonyl (C=O) groups excluding carboxylic acids is 1. The van der Waals surface area contributed by atoms with Crippen LogP contribution in [0.5, 0.6) is 0 Å². The second kappa shape index (κ2) is 11.0. The smallest absolute Gasteiger partial charge is 0.261 e. The molecular weight excluding hydrogens is 424 g/mol. The van der Waals surface area contributed by atoms with Gasteiger partial charge in [0.1, 0.15) is 5.82 Å². The second-order valence-electron chi connectivity index (χ2n) is 10.4. The maximum absolute atomic E-state index is 13.7. The largest absolute Gasteiger partial charge is 0.331 e. The highest BCUT2D eigenvalue weighted by atomic mass is 16.2. The summed E-state index contributed by atoms with van der Waals surface area (Å²) in [5.74, 6) is 0.742. The van der Waals surface area contributed by atoms with Crippen LogP contribution in [0.4, 0.5) is 0 Å². The van der Waals surface area contributed by atoms with Crippen molar-refractivity contribution in [1.82, 2.24) is 19.4 Å². The fraction of sp³-hybridized carbons (Fsp3) is 0.464. The van der Waals surface area contributed by atoms with E-state index in [1.807, 2.05) is 73.6 Å². The Kier molecular flexibility index (Phi) is 8.26. The molecule has 0 spiro atoms. The van der Waals surface area contributed by atoms with Crippen molar-refractivity contribution in [1.29, 1.82) is 0 Å². The average molecular weight is 463 g/mol. The second-order valence-corrected chi connectivity index (χ2v) is 10.4. The normalized spacial score (nSPS) is 12.8. The third-order valence-corrected chi connectivity index (χ3v) is 5.93. The third-order valence-electron chi connectivity index (χ3n) is 5.93. The summed E-state index contributed by atoms with van der Waals surface area (Å²) >= 11 is 0. The molecule has 0 bridgehead atoms. The van der Waals surface area contributed by atoms with Crippen molar-refractivity contribution in [2.75, 3.05) is 27.2 Å². The van der Waals surface area contributed by atoms with Crippen molar-refractivity contribution < 1.29 is 4.79 Å². The van der Waals surface area contributed by atoms with Crippen LogP contribution in [0.3, 0.4) is 0 Å². The first kappa shape index (κ1) is 25.6. The van der Waals surface area contributed by atoms with Gasteiger partial charge in [0.2, 0.25) is 5.91 Å². The first-order chi connectivity index (χ1) is 16.1. The maximum atomic E-state index is 13.7. The number of para-hydroxylation sites is 1. The molecule has 1 amide bonds. The van der Waals surface area contributed by atoms with Gasteiger partial charge in [-0.3, -0.25) is 14.2 Å². The summed E-state index contributed by atoms with van der Waals surface area (Å²) in [7, 11) is 4.01. The molecule has 0 saturated heterocycles. The average Bonchev–Trinajstić information content (AvgIpc) is 2.78. The SMILES string of the molecule is CCC(c1nc2ccccc2c(=O)n1Cc1ccccc1)N(CCN(C)C)C(=O)CC(C)(C)C. The van der Waals surface area contributed by atoms with Gasteiger partial charge in [-0.25, -0.2) is 4.98 Å². The summed E-state index contributed by atoms with van der Waals surface area (Å²) in [6.07, 6.45) is 1.11. The Labute approximate surface area is 203 Å². The van der Waals surface area contributed by atoms with Crippen LogP contribution in [0, 0.1) is 5.41 Å². The van der Waals surface area contributed by atoms with E-state index in [4.69, 9.17) is 4.98 Å². The molecule has 2 aromatic carbocycles. The van der Waals surface area contributed by atoms with Gasteiger partial charge in [0.15, 0.2) is 0 Å². The zero-order chi connectivity index (χ0) is 24.9. The Hall–Kier alpha value is -2.99. The third kappa shape index (κ3) is 6.32. The van der Waals surface area contributed by atoms with Gasteiger partial charge in [0.25, 0.3) is 5.56 Å². The van der Waals surface area contributed by atoms with Crippen LogP contribution in [-0.2, 0) is 11.3 Å². The van der Waals surface area contributed by atoms with Crippen molar-refractivity contribution in [3.63, 3.8) is 0 Å². The van der Waals surface area contributed by atoms with E-state index in [1.54, 1.807) is 4.57 Å². The molecule has 182 valence electrons. The summed E-state index contributed by atoms with van der Waals surface area (Å²) in [6.45, 7) is 10.0. The zero-order valence-corrected chi connectivity index (χ0v) is 21.4. The molecule has 0 aliphatic rings. The lowest BCUT2D eigenvalue weighted by Gasteiger charge is -2.35. The number of benzene rings is 2. The number of nitrogens with zero attached hydrogens (tertiary/aromatic N) is 4. The van der Waals surface area contributed by atoms with E-state index in [0.29, 0.717) is 42.7 Å². The minimum absolute atomic E-state index is 0.0706. The molecule has 0 aliphatic carbocycles. The Morgan fingerprint density at radius 3 is 2.26 bits per heavy atom. The van der Waals surface area contributed by atoms with Gasteiger partial charge in [-0.2, -0.15) is 0 Å². The molecule has 3 aromatic rings. The van der Waals surface area contributed by atoms with Crippen LogP contribution < -0.4 is 5.56 Å². The Morgan fingerprint density at radius 2 is 1.65 bits per heavy atom. The fourth-order valence-electron chi connectivity index (χ4n) is 4.22. The summed E-state index contributed by atoms with van der Waals surface area (Å²) in [6, 6.07) is 17.1. The van der Waals surface area contributed by atoms with E-state index < -0.39 is 0 Å². The molecule has 0 radical (unpaired) electrons. The number of hydrogen-bond acceptors (Lipinski definition) is 4. The molecule has 6 nitrogen and oxygen atoms in total. The first-order valence-electron chi connectivity index (χ1n) is 12.1. The highest BCUT2D eigenvalue weighted by molar-refractivity contribution is 5.79. The molecule has 0 aliphatic heterocycles. The lowest BCUT2D eigenvalue weighted by atomic mass is 9.91. The molecule has 0 fully saturated rings. The Bertz CT molecular complexity index is 1160. The van der Waals surface area contributed by atoms with E-state index in [1.165, 1.54) is 0 Å². The van der Waals surface area contributed by atoms with Gasteiger partial charge in [0, 0.05) is 19.5 Å². The first-order valence-corrected chi connectivity index (χ1v) is 12.1. The molecule has 1 aromatic heterocycles. The van der Waals surface area contributed by atoms with Crippen LogP contribution in [0.15, 0.2) is 59.4 Å². The number of carbonyl (C=O) groups is 1. The number of fused-ring (bicyclic) bond motifs is 1. The molecule has 6 heteroatoms. The van der Waals surface area contributed by atoms with Gasteiger partial charge in [0.05, 0.1) is 23.5 Å². The predicted octanol–water partition coefficient (Wildman–Crippen LogP) is 4.72. The standard InChI is InChI=1S/C28H38N4O2/c1-7-24(31(18-17-30(5)6)25(33)19-28(2,3)4)26-29-23-16-12-11-15-22(23)27(34)32(26)20-21-13-9-8-10-14-21/h8-16,24H,7,17-20H2,1-6H3. The molecule has 34 heavy (non-hydrogen) atoms.